The molecule has 110 valence electrons. The van der Waals surface area contributed by atoms with E-state index in [0.29, 0.717) is 13.1 Å². The first-order chi connectivity index (χ1) is 10.1. The van der Waals surface area contributed by atoms with Gasteiger partial charge in [0.1, 0.15) is 5.69 Å². The molecule has 0 atom stereocenters. The van der Waals surface area contributed by atoms with E-state index in [0.717, 1.165) is 0 Å². The quantitative estimate of drug-likeness (QED) is 0.493. The summed E-state index contributed by atoms with van der Waals surface area (Å²) in [6, 6.07) is 5.85. The summed E-state index contributed by atoms with van der Waals surface area (Å²) >= 11 is 0. The molecule has 0 aliphatic carbocycles. The van der Waals surface area contributed by atoms with Crippen LogP contribution in [0.5, 0.6) is 0 Å². The zero-order valence-electron chi connectivity index (χ0n) is 11.4. The summed E-state index contributed by atoms with van der Waals surface area (Å²) in [5.41, 5.74) is 0.433. The lowest BCUT2D eigenvalue weighted by molar-refractivity contribution is -0.384. The Hall–Kier alpha value is -2.90. The molecule has 0 amide bonds. The normalized spacial score (nSPS) is 10.1. The average Bonchev–Trinajstić information content (AvgIpc) is 2.99. The predicted molar refractivity (Wildman–Crippen MR) is 75.2 cm³/mol. The van der Waals surface area contributed by atoms with Crippen LogP contribution in [0.2, 0.25) is 0 Å². The van der Waals surface area contributed by atoms with Crippen molar-refractivity contribution in [3.8, 4) is 0 Å². The number of ether oxygens (including phenoxy) is 1. The molecule has 0 radical (unpaired) electrons. The molecule has 8 nitrogen and oxygen atoms in total. The molecule has 21 heavy (non-hydrogen) atoms. The van der Waals surface area contributed by atoms with Gasteiger partial charge in [-0.05, 0) is 18.2 Å². The highest BCUT2D eigenvalue weighted by Gasteiger charge is 2.16. The first-order valence-corrected chi connectivity index (χ1v) is 6.20. The lowest BCUT2D eigenvalue weighted by Crippen LogP contribution is -2.12. The van der Waals surface area contributed by atoms with Crippen molar-refractivity contribution in [3.63, 3.8) is 0 Å². The number of nitrogens with one attached hydrogen (secondary N) is 1. The fourth-order valence-corrected chi connectivity index (χ4v) is 1.82. The number of hydrogen-bond donors (Lipinski definition) is 1. The summed E-state index contributed by atoms with van der Waals surface area (Å²) in [7, 11) is 1.26. The van der Waals surface area contributed by atoms with Gasteiger partial charge in [-0.15, -0.1) is 0 Å². The van der Waals surface area contributed by atoms with E-state index in [1.807, 2.05) is 0 Å². The van der Waals surface area contributed by atoms with Crippen molar-refractivity contribution in [2.45, 2.75) is 6.54 Å². The highest BCUT2D eigenvalue weighted by Crippen LogP contribution is 2.25. The minimum absolute atomic E-state index is 0.0943. The molecule has 0 aliphatic heterocycles. The molecule has 0 bridgehead atoms. The van der Waals surface area contributed by atoms with Gasteiger partial charge in [-0.1, -0.05) is 0 Å². The number of nitro benzene ring substituents is 1. The minimum atomic E-state index is -0.542. The third-order valence-electron chi connectivity index (χ3n) is 2.83. The van der Waals surface area contributed by atoms with Crippen LogP contribution in [0.4, 0.5) is 11.4 Å². The van der Waals surface area contributed by atoms with Gasteiger partial charge < -0.3 is 10.1 Å². The molecule has 1 aromatic carbocycles. The van der Waals surface area contributed by atoms with Crippen molar-refractivity contribution >= 4 is 17.3 Å². The molecule has 0 aliphatic rings. The van der Waals surface area contributed by atoms with Crippen molar-refractivity contribution < 1.29 is 14.5 Å². The maximum absolute atomic E-state index is 11.5. The molecular weight excluding hydrogens is 276 g/mol. The molecule has 0 saturated carbocycles. The summed E-state index contributed by atoms with van der Waals surface area (Å²) < 4.78 is 6.30. The van der Waals surface area contributed by atoms with E-state index in [4.69, 9.17) is 0 Å². The van der Waals surface area contributed by atoms with E-state index in [2.05, 4.69) is 15.2 Å². The van der Waals surface area contributed by atoms with Crippen LogP contribution in [0.25, 0.3) is 0 Å². The Morgan fingerprint density at radius 2 is 2.33 bits per heavy atom. The Bertz CT molecular complexity index is 640. The number of carbonyl (C=O) groups is 1. The maximum atomic E-state index is 11.5. The van der Waals surface area contributed by atoms with Crippen molar-refractivity contribution in [2.75, 3.05) is 19.0 Å². The van der Waals surface area contributed by atoms with Gasteiger partial charge in [0.25, 0.3) is 5.69 Å². The molecule has 1 heterocycles. The van der Waals surface area contributed by atoms with E-state index in [-0.39, 0.29) is 16.9 Å². The first-order valence-electron chi connectivity index (χ1n) is 6.20. The second-order valence-corrected chi connectivity index (χ2v) is 4.18. The molecule has 0 fully saturated rings. The molecule has 1 N–H and O–H groups in total. The van der Waals surface area contributed by atoms with Crippen LogP contribution in [-0.2, 0) is 11.3 Å². The summed E-state index contributed by atoms with van der Waals surface area (Å²) in [5, 5.41) is 18.0. The Morgan fingerprint density at radius 1 is 1.52 bits per heavy atom. The number of methoxy groups -OCH3 is 1. The van der Waals surface area contributed by atoms with Crippen LogP contribution in [0.1, 0.15) is 10.4 Å². The van der Waals surface area contributed by atoms with Crippen molar-refractivity contribution in [2.24, 2.45) is 0 Å². The molecular formula is C13H14N4O4. The maximum Gasteiger partial charge on any atom is 0.337 e. The Morgan fingerprint density at radius 3 is 2.95 bits per heavy atom. The van der Waals surface area contributed by atoms with Gasteiger partial charge in [-0.3, -0.25) is 14.8 Å². The lowest BCUT2D eigenvalue weighted by atomic mass is 10.1. The Labute approximate surface area is 120 Å². The third-order valence-corrected chi connectivity index (χ3v) is 2.83. The van der Waals surface area contributed by atoms with Crippen molar-refractivity contribution in [1.82, 2.24) is 9.78 Å². The molecule has 0 unspecified atom stereocenters. The van der Waals surface area contributed by atoms with Crippen LogP contribution < -0.4 is 5.32 Å². The van der Waals surface area contributed by atoms with Gasteiger partial charge in [0, 0.05) is 25.0 Å². The molecule has 8 heteroatoms. The first kappa shape index (κ1) is 14.5. The number of nitro groups is 1. The van der Waals surface area contributed by atoms with Crippen LogP contribution in [-0.4, -0.2) is 34.3 Å². The fourth-order valence-electron chi connectivity index (χ4n) is 1.82. The Balaban J connectivity index is 2.14. The fraction of sp³-hybridized carbons (Fsp3) is 0.231. The zero-order valence-corrected chi connectivity index (χ0v) is 11.4. The highest BCUT2D eigenvalue weighted by atomic mass is 16.6. The second kappa shape index (κ2) is 6.51. The van der Waals surface area contributed by atoms with Crippen LogP contribution in [0.3, 0.4) is 0 Å². The number of aromatic nitrogens is 2. The number of benzene rings is 1. The van der Waals surface area contributed by atoms with Gasteiger partial charge >= 0.3 is 5.97 Å². The summed E-state index contributed by atoms with van der Waals surface area (Å²) in [4.78, 5) is 22.0. The molecule has 2 rings (SSSR count). The van der Waals surface area contributed by atoms with Gasteiger partial charge in [-0.2, -0.15) is 5.10 Å². The van der Waals surface area contributed by atoms with Crippen LogP contribution >= 0.6 is 0 Å². The second-order valence-electron chi connectivity index (χ2n) is 4.18. The molecule has 0 saturated heterocycles. The summed E-state index contributed by atoms with van der Waals surface area (Å²) in [6.45, 7) is 0.986. The van der Waals surface area contributed by atoms with E-state index >= 15 is 0 Å². The number of hydrogen-bond acceptors (Lipinski definition) is 6. The summed E-state index contributed by atoms with van der Waals surface area (Å²) in [6.07, 6.45) is 3.45. The van der Waals surface area contributed by atoms with E-state index in [1.165, 1.54) is 25.3 Å². The van der Waals surface area contributed by atoms with Gasteiger partial charge in [0.2, 0.25) is 0 Å². The van der Waals surface area contributed by atoms with Crippen LogP contribution in [0.15, 0.2) is 36.7 Å². The minimum Gasteiger partial charge on any atom is -0.465 e. The summed E-state index contributed by atoms with van der Waals surface area (Å²) in [5.74, 6) is -0.542. The van der Waals surface area contributed by atoms with Crippen molar-refractivity contribution in [1.29, 1.82) is 0 Å². The van der Waals surface area contributed by atoms with Gasteiger partial charge in [0.05, 0.1) is 24.1 Å². The Kier molecular flexibility index (Phi) is 4.50. The van der Waals surface area contributed by atoms with E-state index < -0.39 is 10.9 Å². The average molecular weight is 290 g/mol. The molecule has 2 aromatic rings. The number of esters is 1. The monoisotopic (exact) mass is 290 g/mol. The topological polar surface area (TPSA) is 99.3 Å². The zero-order chi connectivity index (χ0) is 15.2. The van der Waals surface area contributed by atoms with E-state index in [9.17, 15) is 14.9 Å². The number of carbonyl (C=O) groups excluding carboxylic acids is 1. The highest BCUT2D eigenvalue weighted by molar-refractivity contribution is 5.91. The molecule has 0 spiro atoms. The lowest BCUT2D eigenvalue weighted by Gasteiger charge is -2.08. The third kappa shape index (κ3) is 3.56. The van der Waals surface area contributed by atoms with Crippen molar-refractivity contribution in [3.05, 3.63) is 52.3 Å². The molecule has 1 aromatic heterocycles. The number of nitrogens with zero attached hydrogens (tertiary/aromatic N) is 3. The smallest absolute Gasteiger partial charge is 0.337 e. The van der Waals surface area contributed by atoms with E-state index in [1.54, 1.807) is 23.1 Å². The standard InChI is InChI=1S/C13H14N4O4/c1-21-13(18)10-3-4-12(17(19)20)11(9-10)14-6-8-16-7-2-5-15-16/h2-5,7,9,14H,6,8H2,1H3. The van der Waals surface area contributed by atoms with Gasteiger partial charge in [-0.25, -0.2) is 4.79 Å². The SMILES string of the molecule is COC(=O)c1ccc([N+](=O)[O-])c(NCCn2cccn2)c1. The predicted octanol–water partition coefficient (Wildman–Crippen LogP) is 1.69. The van der Waals surface area contributed by atoms with Gasteiger partial charge in [0.15, 0.2) is 0 Å². The number of anilines is 1. The van der Waals surface area contributed by atoms with Crippen LogP contribution in [0, 0.1) is 10.1 Å². The largest absolute Gasteiger partial charge is 0.465 e. The number of rotatable bonds is 6.